The molecular weight excluding hydrogens is 407 g/mol. The first-order valence-electron chi connectivity index (χ1n) is 8.89. The number of alkyl halides is 3. The van der Waals surface area contributed by atoms with E-state index in [9.17, 15) is 26.4 Å². The second-order valence-electron chi connectivity index (χ2n) is 6.09. The second-order valence-corrected chi connectivity index (χ2v) is 8.02. The summed E-state index contributed by atoms with van der Waals surface area (Å²) in [6.45, 7) is 2.74. The number of para-hydroxylation sites is 2. The SMILES string of the molecule is CCN(CC)S(=O)(=O)c1cccc(C(=O)Nc2ccccc2NCC(F)(F)F)c1. The molecule has 0 fully saturated rings. The second kappa shape index (κ2) is 9.27. The third kappa shape index (κ3) is 5.94. The molecule has 2 N–H and O–H groups in total. The topological polar surface area (TPSA) is 78.5 Å². The Morgan fingerprint density at radius 1 is 1.00 bits per heavy atom. The average molecular weight is 429 g/mol. The van der Waals surface area contributed by atoms with Gasteiger partial charge in [-0.25, -0.2) is 8.42 Å². The van der Waals surface area contributed by atoms with E-state index in [1.165, 1.54) is 46.8 Å². The van der Waals surface area contributed by atoms with Crippen LogP contribution in [-0.2, 0) is 10.0 Å². The molecule has 1 amide bonds. The van der Waals surface area contributed by atoms with Crippen molar-refractivity contribution in [3.05, 3.63) is 54.1 Å². The van der Waals surface area contributed by atoms with Crippen molar-refractivity contribution in [3.8, 4) is 0 Å². The van der Waals surface area contributed by atoms with Gasteiger partial charge in [-0.2, -0.15) is 17.5 Å². The molecule has 0 aromatic heterocycles. The number of halogens is 3. The van der Waals surface area contributed by atoms with E-state index >= 15 is 0 Å². The highest BCUT2D eigenvalue weighted by Gasteiger charge is 2.27. The molecule has 6 nitrogen and oxygen atoms in total. The molecule has 0 bridgehead atoms. The number of nitrogens with zero attached hydrogens (tertiary/aromatic N) is 1. The molecule has 2 aromatic rings. The third-order valence-corrected chi connectivity index (χ3v) is 6.14. The van der Waals surface area contributed by atoms with Crippen LogP contribution in [0.2, 0.25) is 0 Å². The first-order valence-corrected chi connectivity index (χ1v) is 10.3. The van der Waals surface area contributed by atoms with Crippen LogP contribution >= 0.6 is 0 Å². The van der Waals surface area contributed by atoms with Gasteiger partial charge in [-0.3, -0.25) is 4.79 Å². The number of rotatable bonds is 8. The minimum atomic E-state index is -4.41. The van der Waals surface area contributed by atoms with Crippen molar-refractivity contribution in [3.63, 3.8) is 0 Å². The lowest BCUT2D eigenvalue weighted by Gasteiger charge is -2.19. The van der Waals surface area contributed by atoms with Gasteiger partial charge in [-0.05, 0) is 30.3 Å². The molecule has 158 valence electrons. The molecule has 0 heterocycles. The van der Waals surface area contributed by atoms with Gasteiger partial charge in [0.05, 0.1) is 16.3 Å². The van der Waals surface area contributed by atoms with Crippen molar-refractivity contribution >= 4 is 27.3 Å². The van der Waals surface area contributed by atoms with Gasteiger partial charge in [0.1, 0.15) is 6.54 Å². The first-order chi connectivity index (χ1) is 13.6. The van der Waals surface area contributed by atoms with Gasteiger partial charge in [0.2, 0.25) is 10.0 Å². The number of carbonyl (C=O) groups is 1. The van der Waals surface area contributed by atoms with Crippen LogP contribution in [-0.4, -0.2) is 44.4 Å². The maximum atomic E-state index is 12.6. The van der Waals surface area contributed by atoms with Gasteiger partial charge in [0, 0.05) is 18.7 Å². The standard InChI is InChI=1S/C19H22F3N3O3S/c1-3-25(4-2)29(27,28)15-9-7-8-14(12-15)18(26)24-17-11-6-5-10-16(17)23-13-19(20,21)22/h5-12,23H,3-4,13H2,1-2H3,(H,24,26). The Bertz CT molecular complexity index is 958. The highest BCUT2D eigenvalue weighted by molar-refractivity contribution is 7.89. The normalized spacial score (nSPS) is 12.1. The Morgan fingerprint density at radius 3 is 2.21 bits per heavy atom. The minimum absolute atomic E-state index is 0.0302. The quantitative estimate of drug-likeness (QED) is 0.666. The Balaban J connectivity index is 2.25. The Morgan fingerprint density at radius 2 is 1.62 bits per heavy atom. The van der Waals surface area contributed by atoms with Crippen molar-refractivity contribution in [2.75, 3.05) is 30.3 Å². The lowest BCUT2D eigenvalue weighted by Crippen LogP contribution is -2.30. The van der Waals surface area contributed by atoms with Crippen molar-refractivity contribution in [2.24, 2.45) is 0 Å². The Labute approximate surface area is 167 Å². The summed E-state index contributed by atoms with van der Waals surface area (Å²) in [4.78, 5) is 12.6. The molecule has 0 aliphatic heterocycles. The van der Waals surface area contributed by atoms with Crippen LogP contribution in [0.3, 0.4) is 0 Å². The predicted molar refractivity (Wildman–Crippen MR) is 105 cm³/mol. The summed E-state index contributed by atoms with van der Waals surface area (Å²) in [5.41, 5.74) is 0.327. The van der Waals surface area contributed by atoms with Crippen LogP contribution < -0.4 is 10.6 Å². The van der Waals surface area contributed by atoms with Crippen molar-refractivity contribution in [1.82, 2.24) is 4.31 Å². The predicted octanol–water partition coefficient (Wildman–Crippen LogP) is 3.94. The van der Waals surface area contributed by atoms with E-state index in [1.54, 1.807) is 19.9 Å². The maximum Gasteiger partial charge on any atom is 0.405 e. The van der Waals surface area contributed by atoms with Crippen molar-refractivity contribution < 1.29 is 26.4 Å². The van der Waals surface area contributed by atoms with Crippen LogP contribution in [0.15, 0.2) is 53.4 Å². The molecule has 0 atom stereocenters. The fourth-order valence-corrected chi connectivity index (χ4v) is 4.15. The van der Waals surface area contributed by atoms with Gasteiger partial charge in [-0.1, -0.05) is 32.0 Å². The van der Waals surface area contributed by atoms with Crippen LogP contribution in [0.5, 0.6) is 0 Å². The van der Waals surface area contributed by atoms with Crippen molar-refractivity contribution in [1.29, 1.82) is 0 Å². The molecule has 2 rings (SSSR count). The molecule has 0 unspecified atom stereocenters. The smallest absolute Gasteiger partial charge is 0.375 e. The number of hydrogen-bond donors (Lipinski definition) is 2. The summed E-state index contributed by atoms with van der Waals surface area (Å²) in [6, 6.07) is 11.5. The van der Waals surface area contributed by atoms with Crippen LogP contribution in [0.1, 0.15) is 24.2 Å². The van der Waals surface area contributed by atoms with Crippen molar-refractivity contribution in [2.45, 2.75) is 24.9 Å². The molecule has 0 radical (unpaired) electrons. The number of sulfonamides is 1. The zero-order valence-electron chi connectivity index (χ0n) is 16.0. The van der Waals surface area contributed by atoms with E-state index in [4.69, 9.17) is 0 Å². The van der Waals surface area contributed by atoms with E-state index in [1.807, 2.05) is 0 Å². The van der Waals surface area contributed by atoms with Gasteiger partial charge >= 0.3 is 6.18 Å². The van der Waals surface area contributed by atoms with E-state index in [-0.39, 0.29) is 34.9 Å². The summed E-state index contributed by atoms with van der Waals surface area (Å²) in [5.74, 6) is -0.636. The summed E-state index contributed by atoms with van der Waals surface area (Å²) >= 11 is 0. The third-order valence-electron chi connectivity index (χ3n) is 4.09. The molecule has 0 aliphatic carbocycles. The molecular formula is C19H22F3N3O3S. The van der Waals surface area contributed by atoms with E-state index < -0.39 is 28.7 Å². The summed E-state index contributed by atoms with van der Waals surface area (Å²) in [6.07, 6.45) is -4.41. The summed E-state index contributed by atoms with van der Waals surface area (Å²) < 4.78 is 64.0. The van der Waals surface area contributed by atoms with E-state index in [0.717, 1.165) is 0 Å². The number of hydrogen-bond acceptors (Lipinski definition) is 4. The lowest BCUT2D eigenvalue weighted by molar-refractivity contribution is -0.115. The molecule has 0 aliphatic rings. The zero-order chi connectivity index (χ0) is 21.7. The number of amides is 1. The number of nitrogens with one attached hydrogen (secondary N) is 2. The monoisotopic (exact) mass is 429 g/mol. The van der Waals surface area contributed by atoms with E-state index in [2.05, 4.69) is 10.6 Å². The molecule has 2 aromatic carbocycles. The lowest BCUT2D eigenvalue weighted by atomic mass is 10.2. The average Bonchev–Trinajstić information content (AvgIpc) is 2.67. The zero-order valence-corrected chi connectivity index (χ0v) is 16.8. The molecule has 29 heavy (non-hydrogen) atoms. The van der Waals surface area contributed by atoms with Crippen LogP contribution in [0, 0.1) is 0 Å². The minimum Gasteiger partial charge on any atom is -0.375 e. The molecule has 10 heteroatoms. The molecule has 0 spiro atoms. The van der Waals surface area contributed by atoms with Gasteiger partial charge in [0.25, 0.3) is 5.91 Å². The largest absolute Gasteiger partial charge is 0.405 e. The Hall–Kier alpha value is -2.59. The Kier molecular flexibility index (Phi) is 7.26. The summed E-state index contributed by atoms with van der Waals surface area (Å²) in [5, 5.41) is 4.76. The van der Waals surface area contributed by atoms with Gasteiger partial charge < -0.3 is 10.6 Å². The van der Waals surface area contributed by atoms with Gasteiger partial charge in [0.15, 0.2) is 0 Å². The van der Waals surface area contributed by atoms with Crippen LogP contribution in [0.25, 0.3) is 0 Å². The highest BCUT2D eigenvalue weighted by Crippen LogP contribution is 2.25. The number of carbonyl (C=O) groups excluding carboxylic acids is 1. The summed E-state index contributed by atoms with van der Waals surface area (Å²) in [7, 11) is -3.75. The fraction of sp³-hybridized carbons (Fsp3) is 0.316. The maximum absolute atomic E-state index is 12.6. The van der Waals surface area contributed by atoms with Crippen LogP contribution in [0.4, 0.5) is 24.5 Å². The molecule has 0 saturated heterocycles. The number of anilines is 2. The van der Waals surface area contributed by atoms with E-state index in [0.29, 0.717) is 0 Å². The molecule has 0 saturated carbocycles. The first kappa shape index (κ1) is 22.7. The highest BCUT2D eigenvalue weighted by atomic mass is 32.2. The van der Waals surface area contributed by atoms with Gasteiger partial charge in [-0.15, -0.1) is 0 Å². The number of benzene rings is 2. The fourth-order valence-electron chi connectivity index (χ4n) is 2.65.